The van der Waals surface area contributed by atoms with Crippen molar-refractivity contribution >= 4 is 5.97 Å². The van der Waals surface area contributed by atoms with Crippen molar-refractivity contribution in [2.75, 3.05) is 0 Å². The molecule has 22 heavy (non-hydrogen) atoms. The molecule has 0 bridgehead atoms. The smallest absolute Gasteiger partial charge is 0.303 e. The molecule has 120 valence electrons. The van der Waals surface area contributed by atoms with Crippen molar-refractivity contribution in [1.29, 1.82) is 0 Å². The predicted molar refractivity (Wildman–Crippen MR) is 95.9 cm³/mol. The highest BCUT2D eigenvalue weighted by Gasteiger charge is 1.92. The second kappa shape index (κ2) is 17.0. The van der Waals surface area contributed by atoms with E-state index in [-0.39, 0.29) is 6.42 Å². The van der Waals surface area contributed by atoms with Crippen LogP contribution in [0.15, 0.2) is 72.9 Å². The molecule has 0 saturated heterocycles. The van der Waals surface area contributed by atoms with E-state index in [0.29, 0.717) is 6.42 Å². The fourth-order valence-corrected chi connectivity index (χ4v) is 1.57. The normalized spacial score (nSPS) is 13.1. The molecule has 0 atom stereocenters. The summed E-state index contributed by atoms with van der Waals surface area (Å²) in [5.41, 5.74) is 0. The van der Waals surface area contributed by atoms with E-state index in [4.69, 9.17) is 5.11 Å². The summed E-state index contributed by atoms with van der Waals surface area (Å²) >= 11 is 0. The van der Waals surface area contributed by atoms with Gasteiger partial charge >= 0.3 is 5.97 Å². The molecule has 2 nitrogen and oxygen atoms in total. The molecule has 0 rings (SSSR count). The van der Waals surface area contributed by atoms with E-state index in [1.807, 2.05) is 42.5 Å². The summed E-state index contributed by atoms with van der Waals surface area (Å²) in [5, 5.41) is 8.48. The van der Waals surface area contributed by atoms with Crippen molar-refractivity contribution in [3.63, 3.8) is 0 Å². The maximum atomic E-state index is 10.3. The van der Waals surface area contributed by atoms with Gasteiger partial charge in [-0.25, -0.2) is 0 Å². The van der Waals surface area contributed by atoms with Gasteiger partial charge in [0.2, 0.25) is 0 Å². The van der Waals surface area contributed by atoms with Crippen LogP contribution in [0.25, 0.3) is 0 Å². The lowest BCUT2D eigenvalue weighted by atomic mass is 10.2. The van der Waals surface area contributed by atoms with Crippen LogP contribution in [0.5, 0.6) is 0 Å². The van der Waals surface area contributed by atoms with E-state index < -0.39 is 5.97 Å². The Morgan fingerprint density at radius 3 is 1.95 bits per heavy atom. The van der Waals surface area contributed by atoms with Gasteiger partial charge in [0.05, 0.1) is 0 Å². The van der Waals surface area contributed by atoms with Gasteiger partial charge in [-0.05, 0) is 32.1 Å². The van der Waals surface area contributed by atoms with Crippen LogP contribution in [0.2, 0.25) is 0 Å². The Morgan fingerprint density at radius 1 is 0.773 bits per heavy atom. The minimum absolute atomic E-state index is 0.238. The molecule has 0 fully saturated rings. The molecular formula is C20H28O2. The van der Waals surface area contributed by atoms with Crippen LogP contribution in [-0.4, -0.2) is 11.1 Å². The third-order valence-corrected chi connectivity index (χ3v) is 2.70. The summed E-state index contributed by atoms with van der Waals surface area (Å²) < 4.78 is 0. The minimum atomic E-state index is -0.731. The van der Waals surface area contributed by atoms with Crippen molar-refractivity contribution in [1.82, 2.24) is 0 Å². The average molecular weight is 300 g/mol. The summed E-state index contributed by atoms with van der Waals surface area (Å²) in [6, 6.07) is 0. The molecule has 0 aromatic heterocycles. The molecule has 0 heterocycles. The van der Waals surface area contributed by atoms with Gasteiger partial charge in [-0.3, -0.25) is 4.79 Å². The molecule has 0 aliphatic carbocycles. The topological polar surface area (TPSA) is 37.3 Å². The lowest BCUT2D eigenvalue weighted by Crippen LogP contribution is -1.92. The second-order valence-corrected chi connectivity index (χ2v) is 4.73. The first kappa shape index (κ1) is 19.9. The van der Waals surface area contributed by atoms with Gasteiger partial charge in [0.25, 0.3) is 0 Å². The Labute approximate surface area is 134 Å². The molecular weight excluding hydrogens is 272 g/mol. The average Bonchev–Trinajstić information content (AvgIpc) is 2.50. The fraction of sp³-hybridized carbons (Fsp3) is 0.350. The SMILES string of the molecule is CC/C=C/C/C=C/C/C=C/C=C/C=C/C=C/CCCC(=O)O. The third-order valence-electron chi connectivity index (χ3n) is 2.70. The standard InChI is InChI=1S/C20H28O2/c1-2-3-4-5-6-7-8-9-10-11-12-13-14-15-16-17-18-19-20(21)22/h3-4,6-7,9-16H,2,5,8,17-19H2,1H3,(H,21,22)/b4-3+,7-6+,10-9+,12-11+,14-13+,16-15+. The zero-order valence-corrected chi connectivity index (χ0v) is 13.5. The van der Waals surface area contributed by atoms with Gasteiger partial charge in [0.1, 0.15) is 0 Å². The Kier molecular flexibility index (Phi) is 15.4. The van der Waals surface area contributed by atoms with Crippen LogP contribution >= 0.6 is 0 Å². The van der Waals surface area contributed by atoms with E-state index in [1.165, 1.54) is 0 Å². The number of hydrogen-bond donors (Lipinski definition) is 1. The van der Waals surface area contributed by atoms with E-state index in [0.717, 1.165) is 25.7 Å². The molecule has 0 spiro atoms. The molecule has 0 aliphatic rings. The van der Waals surface area contributed by atoms with Crippen LogP contribution in [0.4, 0.5) is 0 Å². The molecule has 0 aliphatic heterocycles. The van der Waals surface area contributed by atoms with Crippen molar-refractivity contribution in [3.8, 4) is 0 Å². The number of carboxylic acids is 1. The molecule has 2 heteroatoms. The van der Waals surface area contributed by atoms with Gasteiger partial charge in [-0.2, -0.15) is 0 Å². The summed E-state index contributed by atoms with van der Waals surface area (Å²) in [6.07, 6.45) is 29.5. The molecule has 0 saturated carbocycles. The van der Waals surface area contributed by atoms with Crippen molar-refractivity contribution in [2.45, 2.75) is 45.4 Å². The lowest BCUT2D eigenvalue weighted by Gasteiger charge is -1.88. The second-order valence-electron chi connectivity index (χ2n) is 4.73. The van der Waals surface area contributed by atoms with Gasteiger partial charge in [-0.15, -0.1) is 0 Å². The van der Waals surface area contributed by atoms with Crippen molar-refractivity contribution in [2.24, 2.45) is 0 Å². The number of hydrogen-bond acceptors (Lipinski definition) is 1. The number of carboxylic acid groups (broad SMARTS) is 1. The maximum Gasteiger partial charge on any atom is 0.303 e. The molecule has 0 amide bonds. The Hall–Kier alpha value is -2.09. The van der Waals surface area contributed by atoms with Crippen LogP contribution < -0.4 is 0 Å². The van der Waals surface area contributed by atoms with Crippen molar-refractivity contribution < 1.29 is 9.90 Å². The van der Waals surface area contributed by atoms with Crippen LogP contribution in [0, 0.1) is 0 Å². The molecule has 0 aromatic rings. The highest BCUT2D eigenvalue weighted by atomic mass is 16.4. The van der Waals surface area contributed by atoms with E-state index >= 15 is 0 Å². The minimum Gasteiger partial charge on any atom is -0.481 e. The first-order valence-corrected chi connectivity index (χ1v) is 7.94. The monoisotopic (exact) mass is 300 g/mol. The Balaban J connectivity index is 3.61. The first-order valence-electron chi connectivity index (χ1n) is 7.94. The zero-order chi connectivity index (χ0) is 16.3. The number of allylic oxidation sites excluding steroid dienone is 12. The van der Waals surface area contributed by atoms with Gasteiger partial charge < -0.3 is 5.11 Å². The summed E-state index contributed by atoms with van der Waals surface area (Å²) in [6.45, 7) is 2.14. The first-order chi connectivity index (χ1) is 10.8. The number of aliphatic carboxylic acids is 1. The summed E-state index contributed by atoms with van der Waals surface area (Å²) in [4.78, 5) is 10.3. The van der Waals surface area contributed by atoms with E-state index in [9.17, 15) is 4.79 Å². The maximum absolute atomic E-state index is 10.3. The highest BCUT2D eigenvalue weighted by molar-refractivity contribution is 5.66. The Morgan fingerprint density at radius 2 is 1.32 bits per heavy atom. The van der Waals surface area contributed by atoms with Crippen LogP contribution in [0.1, 0.15) is 45.4 Å². The van der Waals surface area contributed by atoms with Crippen LogP contribution in [0.3, 0.4) is 0 Å². The number of rotatable bonds is 12. The predicted octanol–water partition coefficient (Wildman–Crippen LogP) is 5.77. The fourth-order valence-electron chi connectivity index (χ4n) is 1.57. The number of unbranched alkanes of at least 4 members (excludes halogenated alkanes) is 1. The third kappa shape index (κ3) is 17.9. The van der Waals surface area contributed by atoms with E-state index in [2.05, 4.69) is 37.3 Å². The van der Waals surface area contributed by atoms with Crippen molar-refractivity contribution in [3.05, 3.63) is 72.9 Å². The largest absolute Gasteiger partial charge is 0.481 e. The molecule has 0 unspecified atom stereocenters. The van der Waals surface area contributed by atoms with Crippen LogP contribution in [-0.2, 0) is 4.79 Å². The van der Waals surface area contributed by atoms with Gasteiger partial charge in [-0.1, -0.05) is 79.8 Å². The quantitative estimate of drug-likeness (QED) is 0.282. The van der Waals surface area contributed by atoms with E-state index in [1.54, 1.807) is 0 Å². The number of carbonyl (C=O) groups is 1. The highest BCUT2D eigenvalue weighted by Crippen LogP contribution is 1.96. The lowest BCUT2D eigenvalue weighted by molar-refractivity contribution is -0.137. The van der Waals surface area contributed by atoms with Gasteiger partial charge in [0.15, 0.2) is 0 Å². The molecule has 0 aromatic carbocycles. The molecule has 1 N–H and O–H groups in total. The molecule has 0 radical (unpaired) electrons. The zero-order valence-electron chi connectivity index (χ0n) is 13.5. The van der Waals surface area contributed by atoms with Gasteiger partial charge in [0, 0.05) is 6.42 Å². The summed E-state index contributed by atoms with van der Waals surface area (Å²) in [7, 11) is 0. The Bertz CT molecular complexity index is 435. The summed E-state index contributed by atoms with van der Waals surface area (Å²) in [5.74, 6) is -0.731.